The number of aryl methyl sites for hydroxylation is 2. The van der Waals surface area contributed by atoms with E-state index in [4.69, 9.17) is 0 Å². The minimum atomic E-state index is -0.104. The highest BCUT2D eigenvalue weighted by atomic mass is 32.1. The van der Waals surface area contributed by atoms with Gasteiger partial charge in [0.2, 0.25) is 0 Å². The molecule has 3 aromatic rings. The molecule has 1 aliphatic heterocycles. The summed E-state index contributed by atoms with van der Waals surface area (Å²) in [6, 6.07) is 9.93. The van der Waals surface area contributed by atoms with E-state index >= 15 is 0 Å². The number of aromatic nitrogens is 4. The van der Waals surface area contributed by atoms with E-state index < -0.39 is 0 Å². The molecule has 3 heterocycles. The summed E-state index contributed by atoms with van der Waals surface area (Å²) in [5, 5.41) is 12.4. The van der Waals surface area contributed by atoms with E-state index in [1.165, 1.54) is 17.8 Å². The number of hydrogen-bond acceptors (Lipinski definition) is 5. The van der Waals surface area contributed by atoms with Crippen LogP contribution in [0.25, 0.3) is 10.6 Å². The largest absolute Gasteiger partial charge is 0.344 e. The molecular weight excluding hydrogens is 346 g/mol. The van der Waals surface area contributed by atoms with Crippen molar-refractivity contribution in [3.8, 4) is 10.6 Å². The molecule has 0 fully saturated rings. The molecule has 4 rings (SSSR count). The molecule has 6 nitrogen and oxygen atoms in total. The highest BCUT2D eigenvalue weighted by Crippen LogP contribution is 2.27. The second-order valence-corrected chi connectivity index (χ2v) is 7.48. The zero-order chi connectivity index (χ0) is 17.9. The Kier molecular flexibility index (Phi) is 4.79. The van der Waals surface area contributed by atoms with Crippen molar-refractivity contribution in [3.63, 3.8) is 0 Å². The van der Waals surface area contributed by atoms with Gasteiger partial charge < -0.3 is 9.88 Å². The number of rotatable bonds is 4. The Labute approximate surface area is 156 Å². The van der Waals surface area contributed by atoms with Gasteiger partial charge in [0.05, 0.1) is 12.2 Å². The van der Waals surface area contributed by atoms with E-state index in [0.29, 0.717) is 11.4 Å². The van der Waals surface area contributed by atoms with Crippen LogP contribution in [0.1, 0.15) is 46.3 Å². The average molecular weight is 367 g/mol. The van der Waals surface area contributed by atoms with Gasteiger partial charge in [-0.25, -0.2) is 4.98 Å². The molecule has 0 unspecified atom stereocenters. The van der Waals surface area contributed by atoms with E-state index in [1.54, 1.807) is 0 Å². The Morgan fingerprint density at radius 1 is 1.19 bits per heavy atom. The molecule has 0 atom stereocenters. The van der Waals surface area contributed by atoms with Gasteiger partial charge in [0.1, 0.15) is 15.7 Å². The maximum absolute atomic E-state index is 12.6. The van der Waals surface area contributed by atoms with Crippen molar-refractivity contribution in [2.75, 3.05) is 0 Å². The van der Waals surface area contributed by atoms with Gasteiger partial charge in [-0.15, -0.1) is 21.5 Å². The zero-order valence-corrected chi connectivity index (χ0v) is 15.6. The van der Waals surface area contributed by atoms with Gasteiger partial charge in [-0.05, 0) is 19.8 Å². The van der Waals surface area contributed by atoms with Crippen LogP contribution in [0, 0.1) is 6.92 Å². The van der Waals surface area contributed by atoms with Crippen molar-refractivity contribution in [1.82, 2.24) is 25.1 Å². The lowest BCUT2D eigenvalue weighted by molar-refractivity contribution is 0.0952. The summed E-state index contributed by atoms with van der Waals surface area (Å²) in [7, 11) is 0. The third kappa shape index (κ3) is 3.39. The Morgan fingerprint density at radius 3 is 2.88 bits per heavy atom. The lowest BCUT2D eigenvalue weighted by Crippen LogP contribution is -2.24. The van der Waals surface area contributed by atoms with Crippen molar-refractivity contribution < 1.29 is 4.79 Å². The lowest BCUT2D eigenvalue weighted by atomic mass is 10.2. The fourth-order valence-electron chi connectivity index (χ4n) is 3.23. The molecule has 0 spiro atoms. The SMILES string of the molecule is Cc1nc(-c2ccccc2)sc1C(=O)NCc1nnc2n1CCCCC2. The van der Waals surface area contributed by atoms with Crippen LogP contribution < -0.4 is 5.32 Å². The number of carbonyl (C=O) groups excluding carboxylic acids is 1. The summed E-state index contributed by atoms with van der Waals surface area (Å²) < 4.78 is 2.15. The van der Waals surface area contributed by atoms with E-state index in [2.05, 4.69) is 25.1 Å². The van der Waals surface area contributed by atoms with Crippen molar-refractivity contribution in [2.45, 2.75) is 45.7 Å². The Bertz CT molecular complexity index is 915. The van der Waals surface area contributed by atoms with Gasteiger partial charge >= 0.3 is 0 Å². The number of hydrogen-bond donors (Lipinski definition) is 1. The van der Waals surface area contributed by atoms with Crippen molar-refractivity contribution >= 4 is 17.2 Å². The van der Waals surface area contributed by atoms with E-state index in [-0.39, 0.29) is 5.91 Å². The average Bonchev–Trinajstić information content (AvgIpc) is 3.16. The molecular formula is C19H21N5OS. The van der Waals surface area contributed by atoms with Crippen molar-refractivity contribution in [1.29, 1.82) is 0 Å². The summed E-state index contributed by atoms with van der Waals surface area (Å²) in [4.78, 5) is 17.8. The van der Waals surface area contributed by atoms with Crippen molar-refractivity contribution in [3.05, 3.63) is 52.6 Å². The summed E-state index contributed by atoms with van der Waals surface area (Å²) >= 11 is 1.42. The smallest absolute Gasteiger partial charge is 0.263 e. The van der Waals surface area contributed by atoms with Crippen LogP contribution in [-0.4, -0.2) is 25.7 Å². The molecule has 1 aromatic carbocycles. The molecule has 7 heteroatoms. The first-order valence-electron chi connectivity index (χ1n) is 8.94. The predicted octanol–water partition coefficient (Wildman–Crippen LogP) is 3.37. The molecule has 0 radical (unpaired) electrons. The number of benzene rings is 1. The molecule has 2 aromatic heterocycles. The predicted molar refractivity (Wildman–Crippen MR) is 101 cm³/mol. The molecule has 0 saturated carbocycles. The van der Waals surface area contributed by atoms with E-state index in [1.807, 2.05) is 37.3 Å². The summed E-state index contributed by atoms with van der Waals surface area (Å²) in [6.07, 6.45) is 4.49. The zero-order valence-electron chi connectivity index (χ0n) is 14.7. The number of carbonyl (C=O) groups is 1. The maximum atomic E-state index is 12.6. The van der Waals surface area contributed by atoms with Gasteiger partial charge in [-0.2, -0.15) is 0 Å². The van der Waals surface area contributed by atoms with E-state index in [0.717, 1.165) is 53.7 Å². The van der Waals surface area contributed by atoms with Crippen LogP contribution in [0.2, 0.25) is 0 Å². The summed E-state index contributed by atoms with van der Waals surface area (Å²) in [6.45, 7) is 3.20. The van der Waals surface area contributed by atoms with Gasteiger partial charge in [-0.1, -0.05) is 36.8 Å². The molecule has 0 bridgehead atoms. The minimum Gasteiger partial charge on any atom is -0.344 e. The highest BCUT2D eigenvalue weighted by Gasteiger charge is 2.18. The third-order valence-corrected chi connectivity index (χ3v) is 5.82. The molecule has 1 aliphatic rings. The first-order chi connectivity index (χ1) is 12.7. The van der Waals surface area contributed by atoms with Gasteiger partial charge in [-0.3, -0.25) is 4.79 Å². The minimum absolute atomic E-state index is 0.104. The van der Waals surface area contributed by atoms with Crippen LogP contribution >= 0.6 is 11.3 Å². The van der Waals surface area contributed by atoms with Crippen LogP contribution in [0.5, 0.6) is 0 Å². The van der Waals surface area contributed by atoms with Crippen LogP contribution in [0.4, 0.5) is 0 Å². The first kappa shape index (κ1) is 16.9. The molecule has 1 amide bonds. The van der Waals surface area contributed by atoms with Crippen LogP contribution in [0.3, 0.4) is 0 Å². The fourth-order valence-corrected chi connectivity index (χ4v) is 4.22. The number of fused-ring (bicyclic) bond motifs is 1. The van der Waals surface area contributed by atoms with Crippen LogP contribution in [0.15, 0.2) is 30.3 Å². The lowest BCUT2D eigenvalue weighted by Gasteiger charge is -2.07. The monoisotopic (exact) mass is 367 g/mol. The number of thiazole rings is 1. The third-order valence-electron chi connectivity index (χ3n) is 4.62. The Hall–Kier alpha value is -2.54. The number of nitrogens with one attached hydrogen (secondary N) is 1. The van der Waals surface area contributed by atoms with Gasteiger partial charge in [0, 0.05) is 18.5 Å². The standard InChI is InChI=1S/C19H21N5OS/c1-13-17(26-19(21-13)14-8-4-2-5-9-14)18(25)20-12-16-23-22-15-10-6-3-7-11-24(15)16/h2,4-5,8-9H,3,6-7,10-12H2,1H3,(H,20,25). The molecule has 134 valence electrons. The summed E-state index contributed by atoms with van der Waals surface area (Å²) in [5.41, 5.74) is 1.79. The molecule has 26 heavy (non-hydrogen) atoms. The highest BCUT2D eigenvalue weighted by molar-refractivity contribution is 7.17. The Balaban J connectivity index is 1.48. The molecule has 0 saturated heterocycles. The van der Waals surface area contributed by atoms with E-state index in [9.17, 15) is 4.79 Å². The fraction of sp³-hybridized carbons (Fsp3) is 0.368. The normalized spacial score (nSPS) is 13.9. The number of amides is 1. The summed E-state index contributed by atoms with van der Waals surface area (Å²) in [5.74, 6) is 1.76. The quantitative estimate of drug-likeness (QED) is 0.767. The number of nitrogens with zero attached hydrogens (tertiary/aromatic N) is 4. The topological polar surface area (TPSA) is 72.7 Å². The van der Waals surface area contributed by atoms with Crippen molar-refractivity contribution in [2.24, 2.45) is 0 Å². The van der Waals surface area contributed by atoms with Gasteiger partial charge in [0.15, 0.2) is 5.82 Å². The molecule has 0 aliphatic carbocycles. The Morgan fingerprint density at radius 2 is 2.04 bits per heavy atom. The van der Waals surface area contributed by atoms with Crippen LogP contribution in [-0.2, 0) is 19.5 Å². The second-order valence-electron chi connectivity index (χ2n) is 6.48. The maximum Gasteiger partial charge on any atom is 0.263 e. The molecule has 1 N–H and O–H groups in total. The second kappa shape index (κ2) is 7.37. The van der Waals surface area contributed by atoms with Gasteiger partial charge in [0.25, 0.3) is 5.91 Å². The first-order valence-corrected chi connectivity index (χ1v) is 9.76.